The van der Waals surface area contributed by atoms with Crippen LogP contribution < -0.4 is 15.5 Å². The highest BCUT2D eigenvalue weighted by molar-refractivity contribution is 5.97. The number of hydrogen-bond acceptors (Lipinski definition) is 3. The standard InChI is InChI=1S/C23H32F3N3O2/c1-2-8-20(28-21(30)18-11-3-4-12-19(18)23(24,25)26)22(31)27-16-9-7-10-17(15-16)29-13-5-6-14-29/h7,9-10,15,18-20H,2-6,8,11-14H2,1H3,(H,27,31)(H,28,30). The molecule has 1 aliphatic heterocycles. The molecule has 1 aliphatic carbocycles. The summed E-state index contributed by atoms with van der Waals surface area (Å²) in [6.07, 6.45) is 0.110. The summed E-state index contributed by atoms with van der Waals surface area (Å²) in [5, 5.41) is 5.46. The number of nitrogens with one attached hydrogen (secondary N) is 2. The molecule has 3 unspecified atom stereocenters. The number of nitrogens with zero attached hydrogens (tertiary/aromatic N) is 1. The minimum absolute atomic E-state index is 0.0322. The van der Waals surface area contributed by atoms with Gasteiger partial charge < -0.3 is 15.5 Å². The number of hydrogen-bond donors (Lipinski definition) is 2. The fourth-order valence-electron chi connectivity index (χ4n) is 4.66. The van der Waals surface area contributed by atoms with Gasteiger partial charge >= 0.3 is 6.18 Å². The third-order valence-corrected chi connectivity index (χ3v) is 6.32. The second kappa shape index (κ2) is 10.4. The van der Waals surface area contributed by atoms with Crippen LogP contribution in [0.1, 0.15) is 58.3 Å². The normalized spacial score (nSPS) is 22.8. The van der Waals surface area contributed by atoms with E-state index in [0.717, 1.165) is 31.6 Å². The Bertz CT molecular complexity index is 763. The summed E-state index contributed by atoms with van der Waals surface area (Å²) in [6, 6.07) is 6.68. The maximum Gasteiger partial charge on any atom is 0.392 e. The summed E-state index contributed by atoms with van der Waals surface area (Å²) >= 11 is 0. The van der Waals surface area contributed by atoms with Gasteiger partial charge in [-0.05, 0) is 50.3 Å². The number of rotatable bonds is 7. The Kier molecular flexibility index (Phi) is 7.84. The first-order valence-electron chi connectivity index (χ1n) is 11.3. The van der Waals surface area contributed by atoms with Gasteiger partial charge in [-0.2, -0.15) is 13.2 Å². The van der Waals surface area contributed by atoms with Crippen molar-refractivity contribution in [1.82, 2.24) is 5.32 Å². The lowest BCUT2D eigenvalue weighted by Gasteiger charge is -2.33. The van der Waals surface area contributed by atoms with Crippen molar-refractivity contribution in [1.29, 1.82) is 0 Å². The minimum Gasteiger partial charge on any atom is -0.371 e. The molecule has 5 nitrogen and oxygen atoms in total. The Hall–Kier alpha value is -2.25. The molecule has 0 aromatic heterocycles. The molecule has 2 aliphatic rings. The van der Waals surface area contributed by atoms with E-state index in [4.69, 9.17) is 0 Å². The van der Waals surface area contributed by atoms with E-state index in [0.29, 0.717) is 31.4 Å². The van der Waals surface area contributed by atoms with Crippen LogP contribution in [0.2, 0.25) is 0 Å². The van der Waals surface area contributed by atoms with E-state index in [9.17, 15) is 22.8 Å². The highest BCUT2D eigenvalue weighted by Crippen LogP contribution is 2.41. The highest BCUT2D eigenvalue weighted by Gasteiger charge is 2.48. The highest BCUT2D eigenvalue weighted by atomic mass is 19.4. The molecule has 3 atom stereocenters. The molecule has 0 spiro atoms. The molecule has 31 heavy (non-hydrogen) atoms. The topological polar surface area (TPSA) is 61.4 Å². The Balaban J connectivity index is 1.66. The van der Waals surface area contributed by atoms with Crippen molar-refractivity contribution >= 4 is 23.2 Å². The van der Waals surface area contributed by atoms with Gasteiger partial charge in [0.25, 0.3) is 0 Å². The van der Waals surface area contributed by atoms with Gasteiger partial charge in [0.1, 0.15) is 6.04 Å². The number of carbonyl (C=O) groups is 2. The van der Waals surface area contributed by atoms with Crippen LogP contribution in [0.25, 0.3) is 0 Å². The monoisotopic (exact) mass is 439 g/mol. The molecule has 1 saturated carbocycles. The lowest BCUT2D eigenvalue weighted by atomic mass is 9.78. The summed E-state index contributed by atoms with van der Waals surface area (Å²) in [5.74, 6) is -3.82. The van der Waals surface area contributed by atoms with Crippen LogP contribution in [0.3, 0.4) is 0 Å². The number of benzene rings is 1. The average Bonchev–Trinajstić information content (AvgIpc) is 3.28. The predicted molar refractivity (Wildman–Crippen MR) is 115 cm³/mol. The van der Waals surface area contributed by atoms with Gasteiger partial charge in [-0.3, -0.25) is 9.59 Å². The number of alkyl halides is 3. The van der Waals surface area contributed by atoms with E-state index >= 15 is 0 Å². The molecule has 8 heteroatoms. The molecule has 2 fully saturated rings. The van der Waals surface area contributed by atoms with Crippen LogP contribution in [0.15, 0.2) is 24.3 Å². The van der Waals surface area contributed by atoms with Crippen molar-refractivity contribution in [3.63, 3.8) is 0 Å². The molecule has 1 aromatic carbocycles. The predicted octanol–water partition coefficient (Wildman–Crippen LogP) is 4.88. The van der Waals surface area contributed by atoms with Gasteiger partial charge in [0.15, 0.2) is 0 Å². The Morgan fingerprint density at radius 2 is 1.84 bits per heavy atom. The number of anilines is 2. The lowest BCUT2D eigenvalue weighted by Crippen LogP contribution is -2.49. The number of halogens is 3. The largest absolute Gasteiger partial charge is 0.392 e. The number of amides is 2. The zero-order chi connectivity index (χ0) is 22.4. The van der Waals surface area contributed by atoms with Crippen molar-refractivity contribution in [2.45, 2.75) is 70.5 Å². The maximum absolute atomic E-state index is 13.4. The smallest absolute Gasteiger partial charge is 0.371 e. The van der Waals surface area contributed by atoms with E-state index in [-0.39, 0.29) is 12.8 Å². The van der Waals surface area contributed by atoms with Gasteiger partial charge in [0, 0.05) is 30.4 Å². The van der Waals surface area contributed by atoms with Gasteiger partial charge in [0.2, 0.25) is 11.8 Å². The zero-order valence-corrected chi connectivity index (χ0v) is 18.0. The lowest BCUT2D eigenvalue weighted by molar-refractivity contribution is -0.198. The Morgan fingerprint density at radius 1 is 1.13 bits per heavy atom. The third kappa shape index (κ3) is 6.14. The van der Waals surface area contributed by atoms with Crippen LogP contribution in [-0.2, 0) is 9.59 Å². The van der Waals surface area contributed by atoms with Gasteiger partial charge in [-0.1, -0.05) is 32.3 Å². The van der Waals surface area contributed by atoms with Crippen LogP contribution >= 0.6 is 0 Å². The average molecular weight is 440 g/mol. The molecular weight excluding hydrogens is 407 g/mol. The number of carbonyl (C=O) groups excluding carboxylic acids is 2. The summed E-state index contributed by atoms with van der Waals surface area (Å²) in [4.78, 5) is 27.8. The van der Waals surface area contributed by atoms with Crippen LogP contribution in [-0.4, -0.2) is 37.1 Å². The molecule has 1 saturated heterocycles. The van der Waals surface area contributed by atoms with Crippen LogP contribution in [0.5, 0.6) is 0 Å². The second-order valence-corrected chi connectivity index (χ2v) is 8.62. The summed E-state index contributed by atoms with van der Waals surface area (Å²) < 4.78 is 40.2. The summed E-state index contributed by atoms with van der Waals surface area (Å²) in [6.45, 7) is 3.83. The van der Waals surface area contributed by atoms with Crippen molar-refractivity contribution in [3.8, 4) is 0 Å². The first kappa shape index (κ1) is 23.4. The Labute approximate surface area is 181 Å². The fraction of sp³-hybridized carbons (Fsp3) is 0.652. The first-order valence-corrected chi connectivity index (χ1v) is 11.3. The first-order chi connectivity index (χ1) is 14.8. The summed E-state index contributed by atoms with van der Waals surface area (Å²) in [5.41, 5.74) is 1.65. The van der Waals surface area contributed by atoms with E-state index < -0.39 is 35.9 Å². The maximum atomic E-state index is 13.4. The van der Waals surface area contributed by atoms with E-state index in [1.54, 1.807) is 6.07 Å². The molecule has 172 valence electrons. The van der Waals surface area contributed by atoms with E-state index in [1.165, 1.54) is 0 Å². The van der Waals surface area contributed by atoms with Gasteiger partial charge in [-0.15, -0.1) is 0 Å². The minimum atomic E-state index is -4.40. The molecule has 0 bridgehead atoms. The van der Waals surface area contributed by atoms with Crippen LogP contribution in [0.4, 0.5) is 24.5 Å². The molecule has 1 heterocycles. The molecular formula is C23H32F3N3O2. The van der Waals surface area contributed by atoms with Crippen LogP contribution in [0, 0.1) is 11.8 Å². The Morgan fingerprint density at radius 3 is 2.52 bits per heavy atom. The van der Waals surface area contributed by atoms with Crippen molar-refractivity contribution in [2.24, 2.45) is 11.8 Å². The molecule has 2 amide bonds. The zero-order valence-electron chi connectivity index (χ0n) is 18.0. The second-order valence-electron chi connectivity index (χ2n) is 8.62. The molecule has 2 N–H and O–H groups in total. The van der Waals surface area contributed by atoms with Gasteiger partial charge in [-0.25, -0.2) is 0 Å². The van der Waals surface area contributed by atoms with E-state index in [2.05, 4.69) is 15.5 Å². The summed E-state index contributed by atoms with van der Waals surface area (Å²) in [7, 11) is 0. The van der Waals surface area contributed by atoms with Crippen molar-refractivity contribution in [3.05, 3.63) is 24.3 Å². The molecule has 0 radical (unpaired) electrons. The SMILES string of the molecule is CCCC(NC(=O)C1CCCCC1C(F)(F)F)C(=O)Nc1cccc(N2CCCC2)c1. The molecule has 3 rings (SSSR count). The van der Waals surface area contributed by atoms with Crippen molar-refractivity contribution < 1.29 is 22.8 Å². The van der Waals surface area contributed by atoms with Crippen molar-refractivity contribution in [2.75, 3.05) is 23.3 Å². The van der Waals surface area contributed by atoms with E-state index in [1.807, 2.05) is 25.1 Å². The molecule has 1 aromatic rings. The third-order valence-electron chi connectivity index (χ3n) is 6.32. The fourth-order valence-corrected chi connectivity index (χ4v) is 4.66. The van der Waals surface area contributed by atoms with Gasteiger partial charge in [0.05, 0.1) is 5.92 Å². The quantitative estimate of drug-likeness (QED) is 0.637.